The van der Waals surface area contributed by atoms with Gasteiger partial charge in [0.05, 0.1) is 5.69 Å². The molecule has 2 aliphatic rings. The summed E-state index contributed by atoms with van der Waals surface area (Å²) in [6, 6.07) is 2.21. The summed E-state index contributed by atoms with van der Waals surface area (Å²) in [4.78, 5) is 15.0. The Hall–Kier alpha value is -1.40. The highest BCUT2D eigenvalue weighted by Crippen LogP contribution is 2.22. The van der Waals surface area contributed by atoms with Gasteiger partial charge in [-0.25, -0.2) is 0 Å². The molecule has 0 spiro atoms. The molecule has 0 aliphatic carbocycles. The van der Waals surface area contributed by atoms with Gasteiger partial charge in [-0.1, -0.05) is 0 Å². The fraction of sp³-hybridized carbons (Fsp3) is 0.750. The summed E-state index contributed by atoms with van der Waals surface area (Å²) in [6.45, 7) is 8.30. The summed E-state index contributed by atoms with van der Waals surface area (Å²) in [7, 11) is 0. The van der Waals surface area contributed by atoms with Crippen molar-refractivity contribution in [2.24, 2.45) is 5.92 Å². The summed E-state index contributed by atoms with van der Waals surface area (Å²) in [5, 5.41) is 7.49. The van der Waals surface area contributed by atoms with Crippen molar-refractivity contribution >= 4 is 5.91 Å². The van der Waals surface area contributed by atoms with Crippen molar-refractivity contribution in [3.8, 4) is 0 Å². The normalized spacial score (nSPS) is 23.5. The molecular formula is C16H26N4O2. The molecule has 1 fully saturated rings. The average molecular weight is 306 g/mol. The van der Waals surface area contributed by atoms with Gasteiger partial charge < -0.3 is 10.1 Å². The van der Waals surface area contributed by atoms with E-state index >= 15 is 0 Å². The van der Waals surface area contributed by atoms with Gasteiger partial charge >= 0.3 is 0 Å². The molecule has 0 aromatic carbocycles. The molecule has 3 heterocycles. The lowest BCUT2D eigenvalue weighted by atomic mass is 10.0. The molecule has 6 heteroatoms. The number of carbonyl (C=O) groups excluding carboxylic acids is 1. The average Bonchev–Trinajstić information content (AvgIpc) is 3.01. The van der Waals surface area contributed by atoms with E-state index in [0.717, 1.165) is 51.4 Å². The maximum absolute atomic E-state index is 12.6. The number of nitrogens with zero attached hydrogens (tertiary/aromatic N) is 3. The molecule has 1 amide bonds. The van der Waals surface area contributed by atoms with Gasteiger partial charge in [0, 0.05) is 45.1 Å². The van der Waals surface area contributed by atoms with E-state index < -0.39 is 0 Å². The van der Waals surface area contributed by atoms with Gasteiger partial charge in [-0.3, -0.25) is 14.4 Å². The number of hydrogen-bond donors (Lipinski definition) is 1. The van der Waals surface area contributed by atoms with E-state index in [1.807, 2.05) is 10.7 Å². The SMILES string of the molecule is CC(C)N1Cc2ccnn2C(C(=O)NCC2CCOCC2)C1. The van der Waals surface area contributed by atoms with Gasteiger partial charge in [-0.2, -0.15) is 5.10 Å². The molecular weight excluding hydrogens is 280 g/mol. The Bertz CT molecular complexity index is 508. The first-order chi connectivity index (χ1) is 10.6. The highest BCUT2D eigenvalue weighted by Gasteiger charge is 2.32. The zero-order valence-electron chi connectivity index (χ0n) is 13.5. The zero-order chi connectivity index (χ0) is 15.5. The number of hydrogen-bond acceptors (Lipinski definition) is 4. The molecule has 1 atom stereocenters. The van der Waals surface area contributed by atoms with Crippen LogP contribution in [0.3, 0.4) is 0 Å². The Morgan fingerprint density at radius 1 is 1.45 bits per heavy atom. The first kappa shape index (κ1) is 15.5. The van der Waals surface area contributed by atoms with Crippen LogP contribution in [-0.2, 0) is 16.1 Å². The standard InChI is InChI=1S/C16H26N4O2/c1-12(2)19-10-14-3-6-18-20(14)15(11-19)16(21)17-9-13-4-7-22-8-5-13/h3,6,12-13,15H,4-5,7-11H2,1-2H3,(H,17,21). The van der Waals surface area contributed by atoms with E-state index in [1.54, 1.807) is 6.20 Å². The smallest absolute Gasteiger partial charge is 0.246 e. The highest BCUT2D eigenvalue weighted by atomic mass is 16.5. The number of carbonyl (C=O) groups is 1. The molecule has 0 radical (unpaired) electrons. The number of amides is 1. The Morgan fingerprint density at radius 2 is 2.23 bits per heavy atom. The molecule has 1 unspecified atom stereocenters. The van der Waals surface area contributed by atoms with Crippen LogP contribution in [0.2, 0.25) is 0 Å². The Kier molecular flexibility index (Phi) is 4.78. The van der Waals surface area contributed by atoms with Crippen molar-refractivity contribution < 1.29 is 9.53 Å². The van der Waals surface area contributed by atoms with Gasteiger partial charge in [0.1, 0.15) is 6.04 Å². The highest BCUT2D eigenvalue weighted by molar-refractivity contribution is 5.80. The Labute approximate surface area is 131 Å². The van der Waals surface area contributed by atoms with Gasteiger partial charge in [-0.15, -0.1) is 0 Å². The minimum Gasteiger partial charge on any atom is -0.381 e. The fourth-order valence-electron chi connectivity index (χ4n) is 3.22. The maximum atomic E-state index is 12.6. The van der Waals surface area contributed by atoms with Gasteiger partial charge in [0.2, 0.25) is 5.91 Å². The lowest BCUT2D eigenvalue weighted by Gasteiger charge is -2.35. The van der Waals surface area contributed by atoms with Crippen LogP contribution in [0.25, 0.3) is 0 Å². The number of rotatable bonds is 4. The van der Waals surface area contributed by atoms with Crippen LogP contribution in [0.4, 0.5) is 0 Å². The predicted octanol–water partition coefficient (Wildman–Crippen LogP) is 1.19. The summed E-state index contributed by atoms with van der Waals surface area (Å²) < 4.78 is 7.25. The molecule has 0 saturated carbocycles. The topological polar surface area (TPSA) is 59.4 Å². The molecule has 6 nitrogen and oxygen atoms in total. The second kappa shape index (κ2) is 6.79. The van der Waals surface area contributed by atoms with E-state index in [2.05, 4.69) is 29.2 Å². The van der Waals surface area contributed by atoms with Crippen LogP contribution in [0.15, 0.2) is 12.3 Å². The van der Waals surface area contributed by atoms with E-state index in [-0.39, 0.29) is 11.9 Å². The summed E-state index contributed by atoms with van der Waals surface area (Å²) >= 11 is 0. The van der Waals surface area contributed by atoms with Crippen molar-refractivity contribution in [2.75, 3.05) is 26.3 Å². The molecule has 22 heavy (non-hydrogen) atoms. The van der Waals surface area contributed by atoms with E-state index in [9.17, 15) is 4.79 Å². The third-order valence-corrected chi connectivity index (χ3v) is 4.76. The number of fused-ring (bicyclic) bond motifs is 1. The van der Waals surface area contributed by atoms with Gasteiger partial charge in [0.15, 0.2) is 0 Å². The van der Waals surface area contributed by atoms with Crippen LogP contribution in [-0.4, -0.2) is 52.9 Å². The third kappa shape index (κ3) is 3.33. The minimum atomic E-state index is -0.221. The Balaban J connectivity index is 1.63. The Morgan fingerprint density at radius 3 is 2.95 bits per heavy atom. The number of ether oxygens (including phenoxy) is 1. The van der Waals surface area contributed by atoms with Gasteiger partial charge in [-0.05, 0) is 38.7 Å². The molecule has 1 aromatic heterocycles. The van der Waals surface area contributed by atoms with Crippen molar-refractivity contribution in [1.29, 1.82) is 0 Å². The second-order valence-electron chi connectivity index (χ2n) is 6.61. The molecule has 0 bridgehead atoms. The lowest BCUT2D eigenvalue weighted by Crippen LogP contribution is -2.48. The fourth-order valence-corrected chi connectivity index (χ4v) is 3.22. The molecule has 1 aromatic rings. The summed E-state index contributed by atoms with van der Waals surface area (Å²) in [5.41, 5.74) is 1.12. The van der Waals surface area contributed by atoms with Gasteiger partial charge in [0.25, 0.3) is 0 Å². The first-order valence-corrected chi connectivity index (χ1v) is 8.27. The molecule has 122 valence electrons. The molecule has 3 rings (SSSR count). The van der Waals surface area contributed by atoms with Crippen molar-refractivity contribution in [3.63, 3.8) is 0 Å². The predicted molar refractivity (Wildman–Crippen MR) is 83.4 cm³/mol. The van der Waals surface area contributed by atoms with Crippen LogP contribution in [0.1, 0.15) is 38.4 Å². The van der Waals surface area contributed by atoms with Crippen LogP contribution in [0, 0.1) is 5.92 Å². The lowest BCUT2D eigenvalue weighted by molar-refractivity contribution is -0.126. The van der Waals surface area contributed by atoms with E-state index in [1.165, 1.54) is 0 Å². The third-order valence-electron chi connectivity index (χ3n) is 4.76. The second-order valence-corrected chi connectivity index (χ2v) is 6.61. The molecule has 1 N–H and O–H groups in total. The largest absolute Gasteiger partial charge is 0.381 e. The summed E-state index contributed by atoms with van der Waals surface area (Å²) in [5.74, 6) is 0.626. The quantitative estimate of drug-likeness (QED) is 0.908. The first-order valence-electron chi connectivity index (χ1n) is 8.27. The van der Waals surface area contributed by atoms with E-state index in [4.69, 9.17) is 4.74 Å². The van der Waals surface area contributed by atoms with Crippen LogP contribution < -0.4 is 5.32 Å². The zero-order valence-corrected chi connectivity index (χ0v) is 13.5. The van der Waals surface area contributed by atoms with Crippen molar-refractivity contribution in [1.82, 2.24) is 20.0 Å². The molecule has 2 aliphatic heterocycles. The summed E-state index contributed by atoms with van der Waals surface area (Å²) in [6.07, 6.45) is 3.87. The number of aromatic nitrogens is 2. The molecule has 1 saturated heterocycles. The van der Waals surface area contributed by atoms with Crippen molar-refractivity contribution in [3.05, 3.63) is 18.0 Å². The van der Waals surface area contributed by atoms with Crippen LogP contribution in [0.5, 0.6) is 0 Å². The van der Waals surface area contributed by atoms with Crippen molar-refractivity contribution in [2.45, 2.75) is 45.3 Å². The monoisotopic (exact) mass is 306 g/mol. The van der Waals surface area contributed by atoms with Crippen LogP contribution >= 0.6 is 0 Å². The maximum Gasteiger partial charge on any atom is 0.246 e. The minimum absolute atomic E-state index is 0.0850. The number of nitrogens with one attached hydrogen (secondary N) is 1. The van der Waals surface area contributed by atoms with E-state index in [0.29, 0.717) is 12.0 Å².